The van der Waals surface area contributed by atoms with Gasteiger partial charge in [-0.1, -0.05) is 48.0 Å². The van der Waals surface area contributed by atoms with Gasteiger partial charge in [0, 0.05) is 28.4 Å². The maximum absolute atomic E-state index is 6.37. The van der Waals surface area contributed by atoms with Gasteiger partial charge in [-0.05, 0) is 36.9 Å². The van der Waals surface area contributed by atoms with Crippen molar-refractivity contribution in [3.05, 3.63) is 70.9 Å². The molecule has 0 saturated heterocycles. The number of aromatic nitrogens is 1. The van der Waals surface area contributed by atoms with Crippen LogP contribution in [0.25, 0.3) is 10.9 Å². The average Bonchev–Trinajstić information content (AvgIpc) is 2.60. The Labute approximate surface area is 146 Å². The van der Waals surface area contributed by atoms with Crippen LogP contribution in [0.4, 0.5) is 0 Å². The predicted octanol–water partition coefficient (Wildman–Crippen LogP) is 5.46. The molecule has 0 aliphatic carbocycles. The molecule has 1 atom stereocenters. The third kappa shape index (κ3) is 3.86. The summed E-state index contributed by atoms with van der Waals surface area (Å²) in [5.74, 6) is 0. The molecule has 2 aromatic carbocycles. The van der Waals surface area contributed by atoms with Crippen molar-refractivity contribution in [1.82, 2.24) is 10.3 Å². The van der Waals surface area contributed by atoms with E-state index in [-0.39, 0.29) is 6.04 Å². The molecule has 3 aromatic rings. The third-order valence-electron chi connectivity index (χ3n) is 3.95. The van der Waals surface area contributed by atoms with Crippen molar-refractivity contribution < 1.29 is 0 Å². The Hall–Kier alpha value is -1.55. The Balaban J connectivity index is 1.79. The third-order valence-corrected chi connectivity index (χ3v) is 5.00. The molecule has 118 valence electrons. The molecular weight excluding hydrogens is 324 g/mol. The lowest BCUT2D eigenvalue weighted by molar-refractivity contribution is 0.574. The van der Waals surface area contributed by atoms with Crippen LogP contribution in [0, 0.1) is 0 Å². The summed E-state index contributed by atoms with van der Waals surface area (Å²) >= 11 is 8.08. The van der Waals surface area contributed by atoms with Crippen LogP contribution in [0.1, 0.15) is 24.1 Å². The van der Waals surface area contributed by atoms with Gasteiger partial charge < -0.3 is 5.32 Å². The zero-order valence-electron chi connectivity index (χ0n) is 13.2. The second kappa shape index (κ2) is 7.35. The largest absolute Gasteiger partial charge is 0.306 e. The lowest BCUT2D eigenvalue weighted by Crippen LogP contribution is -2.18. The number of nitrogens with zero attached hydrogens (tertiary/aromatic N) is 1. The fourth-order valence-electron chi connectivity index (χ4n) is 2.54. The van der Waals surface area contributed by atoms with Crippen LogP contribution in [0.3, 0.4) is 0 Å². The number of rotatable bonds is 5. The van der Waals surface area contributed by atoms with Crippen LogP contribution in [0.2, 0.25) is 5.15 Å². The van der Waals surface area contributed by atoms with Crippen molar-refractivity contribution in [1.29, 1.82) is 0 Å². The summed E-state index contributed by atoms with van der Waals surface area (Å²) < 4.78 is 0. The molecule has 0 bridgehead atoms. The summed E-state index contributed by atoms with van der Waals surface area (Å²) in [5, 5.41) is 5.21. The van der Waals surface area contributed by atoms with Crippen LogP contribution in [0.5, 0.6) is 0 Å². The first kappa shape index (κ1) is 16.3. The lowest BCUT2D eigenvalue weighted by atomic mass is 10.1. The van der Waals surface area contributed by atoms with Gasteiger partial charge >= 0.3 is 0 Å². The Kier molecular flexibility index (Phi) is 5.21. The predicted molar refractivity (Wildman–Crippen MR) is 100 cm³/mol. The highest BCUT2D eigenvalue weighted by molar-refractivity contribution is 7.98. The second-order valence-electron chi connectivity index (χ2n) is 5.51. The van der Waals surface area contributed by atoms with E-state index in [1.54, 1.807) is 11.8 Å². The zero-order chi connectivity index (χ0) is 16.2. The molecule has 0 aliphatic heterocycles. The first-order valence-corrected chi connectivity index (χ1v) is 9.19. The van der Waals surface area contributed by atoms with Gasteiger partial charge in [-0.25, -0.2) is 4.98 Å². The smallest absolute Gasteiger partial charge is 0.134 e. The molecule has 0 aliphatic rings. The molecular formula is C19H19ClN2S. The van der Waals surface area contributed by atoms with E-state index >= 15 is 0 Å². The molecule has 1 N–H and O–H groups in total. The van der Waals surface area contributed by atoms with Crippen LogP contribution in [-0.4, -0.2) is 11.2 Å². The maximum Gasteiger partial charge on any atom is 0.134 e. The molecule has 1 aromatic heterocycles. The normalized spacial score (nSPS) is 12.5. The van der Waals surface area contributed by atoms with E-state index in [4.69, 9.17) is 11.6 Å². The molecule has 1 heterocycles. The standard InChI is InChI=1S/C19H19ClN2S/c1-13(14-6-4-3-5-7-14)21-12-16-10-15-8-9-17(23-2)11-18(15)22-19(16)20/h3-11,13,21H,12H2,1-2H3/t13-/m1/s1. The zero-order valence-corrected chi connectivity index (χ0v) is 14.8. The summed E-state index contributed by atoms with van der Waals surface area (Å²) in [6.45, 7) is 2.85. The van der Waals surface area contributed by atoms with Crippen molar-refractivity contribution in [2.75, 3.05) is 6.26 Å². The molecule has 0 spiro atoms. The average molecular weight is 343 g/mol. The number of thioether (sulfide) groups is 1. The number of benzene rings is 2. The van der Waals surface area contributed by atoms with E-state index in [1.807, 2.05) is 6.07 Å². The van der Waals surface area contributed by atoms with Gasteiger partial charge in [0.25, 0.3) is 0 Å². The van der Waals surface area contributed by atoms with Crippen molar-refractivity contribution in [2.45, 2.75) is 24.4 Å². The van der Waals surface area contributed by atoms with Crippen LogP contribution in [0.15, 0.2) is 59.5 Å². The van der Waals surface area contributed by atoms with Crippen molar-refractivity contribution in [3.63, 3.8) is 0 Å². The van der Waals surface area contributed by atoms with E-state index in [9.17, 15) is 0 Å². The van der Waals surface area contributed by atoms with Gasteiger partial charge in [-0.2, -0.15) is 0 Å². The summed E-state index contributed by atoms with van der Waals surface area (Å²) in [6, 6.07) is 19.1. The number of pyridine rings is 1. The molecule has 0 radical (unpaired) electrons. The Morgan fingerprint density at radius 3 is 2.65 bits per heavy atom. The van der Waals surface area contributed by atoms with E-state index < -0.39 is 0 Å². The molecule has 0 amide bonds. The van der Waals surface area contributed by atoms with Crippen molar-refractivity contribution in [2.24, 2.45) is 0 Å². The van der Waals surface area contributed by atoms with Gasteiger partial charge in [0.2, 0.25) is 0 Å². The Morgan fingerprint density at radius 1 is 1.13 bits per heavy atom. The number of nitrogens with one attached hydrogen (secondary N) is 1. The van der Waals surface area contributed by atoms with Crippen molar-refractivity contribution >= 4 is 34.3 Å². The highest BCUT2D eigenvalue weighted by atomic mass is 35.5. The van der Waals surface area contributed by atoms with Crippen molar-refractivity contribution in [3.8, 4) is 0 Å². The van der Waals surface area contributed by atoms with Crippen LogP contribution in [-0.2, 0) is 6.54 Å². The second-order valence-corrected chi connectivity index (χ2v) is 6.75. The van der Waals surface area contributed by atoms with Gasteiger partial charge in [0.05, 0.1) is 5.52 Å². The minimum atomic E-state index is 0.266. The monoisotopic (exact) mass is 342 g/mol. The molecule has 0 fully saturated rings. The quantitative estimate of drug-likeness (QED) is 0.492. The topological polar surface area (TPSA) is 24.9 Å². The molecule has 0 unspecified atom stereocenters. The molecule has 4 heteroatoms. The first-order valence-electron chi connectivity index (χ1n) is 7.59. The van der Waals surface area contributed by atoms with Crippen LogP contribution < -0.4 is 5.32 Å². The fourth-order valence-corrected chi connectivity index (χ4v) is 3.19. The minimum Gasteiger partial charge on any atom is -0.306 e. The molecule has 3 rings (SSSR count). The summed E-state index contributed by atoms with van der Waals surface area (Å²) in [7, 11) is 0. The van der Waals surface area contributed by atoms with Gasteiger partial charge in [-0.3, -0.25) is 0 Å². The summed E-state index contributed by atoms with van der Waals surface area (Å²) in [5.41, 5.74) is 3.24. The highest BCUT2D eigenvalue weighted by Gasteiger charge is 2.09. The van der Waals surface area contributed by atoms with Gasteiger partial charge in [-0.15, -0.1) is 11.8 Å². The SMILES string of the molecule is CSc1ccc2cc(CN[C@H](C)c3ccccc3)c(Cl)nc2c1. The first-order chi connectivity index (χ1) is 11.2. The van der Waals surface area contributed by atoms with E-state index in [2.05, 4.69) is 72.0 Å². The highest BCUT2D eigenvalue weighted by Crippen LogP contribution is 2.25. The van der Waals surface area contributed by atoms with Crippen LogP contribution >= 0.6 is 23.4 Å². The lowest BCUT2D eigenvalue weighted by Gasteiger charge is -2.15. The number of fused-ring (bicyclic) bond motifs is 1. The molecule has 0 saturated carbocycles. The van der Waals surface area contributed by atoms with Gasteiger partial charge in [0.1, 0.15) is 5.15 Å². The number of halogens is 1. The number of hydrogen-bond donors (Lipinski definition) is 1. The minimum absolute atomic E-state index is 0.266. The molecule has 2 nitrogen and oxygen atoms in total. The van der Waals surface area contributed by atoms with Gasteiger partial charge in [0.15, 0.2) is 0 Å². The fraction of sp³-hybridized carbons (Fsp3) is 0.211. The summed E-state index contributed by atoms with van der Waals surface area (Å²) in [6.07, 6.45) is 2.06. The van der Waals surface area contributed by atoms with E-state index in [1.165, 1.54) is 10.5 Å². The van der Waals surface area contributed by atoms with E-state index in [0.29, 0.717) is 11.7 Å². The Morgan fingerprint density at radius 2 is 1.91 bits per heavy atom. The van der Waals surface area contributed by atoms with E-state index in [0.717, 1.165) is 16.5 Å². The number of hydrogen-bond acceptors (Lipinski definition) is 3. The summed E-state index contributed by atoms with van der Waals surface area (Å²) in [4.78, 5) is 5.75. The Bertz CT molecular complexity index is 805. The maximum atomic E-state index is 6.37. The molecule has 23 heavy (non-hydrogen) atoms.